The molecule has 0 N–H and O–H groups in total. The van der Waals surface area contributed by atoms with E-state index in [2.05, 4.69) is 28.2 Å². The maximum atomic E-state index is 8.24. The van der Waals surface area contributed by atoms with Gasteiger partial charge in [-0.1, -0.05) is 23.3 Å². The van der Waals surface area contributed by atoms with E-state index in [1.165, 1.54) is 42.4 Å². The van der Waals surface area contributed by atoms with E-state index >= 15 is 0 Å². The Morgan fingerprint density at radius 3 is 3.00 bits per heavy atom. The largest absolute Gasteiger partial charge is 0.0936 e. The van der Waals surface area contributed by atoms with E-state index in [0.717, 1.165) is 6.42 Å². The van der Waals surface area contributed by atoms with Crippen molar-refractivity contribution in [2.45, 2.75) is 32.1 Å². The Balaban J connectivity index is 2.19. The second-order valence-electron chi connectivity index (χ2n) is 3.97. The molecular formula is C12H15N3. The number of azide groups is 1. The lowest BCUT2D eigenvalue weighted by Crippen LogP contribution is -2.06. The van der Waals surface area contributed by atoms with Gasteiger partial charge in [0.1, 0.15) is 0 Å². The number of nitrogens with zero attached hydrogens (tertiary/aromatic N) is 3. The first-order valence-corrected chi connectivity index (χ1v) is 5.52. The fourth-order valence-corrected chi connectivity index (χ4v) is 2.31. The van der Waals surface area contributed by atoms with Crippen LogP contribution in [0.25, 0.3) is 10.4 Å². The van der Waals surface area contributed by atoms with E-state index in [0.29, 0.717) is 6.54 Å². The Kier molecular flexibility index (Phi) is 3.25. The molecule has 0 unspecified atom stereocenters. The van der Waals surface area contributed by atoms with Crippen LogP contribution in [0.15, 0.2) is 23.3 Å². The van der Waals surface area contributed by atoms with Crippen LogP contribution in [0, 0.1) is 0 Å². The Morgan fingerprint density at radius 2 is 2.13 bits per heavy atom. The number of aryl methyl sites for hydroxylation is 1. The molecule has 0 fully saturated rings. The van der Waals surface area contributed by atoms with Crippen molar-refractivity contribution in [1.29, 1.82) is 0 Å². The van der Waals surface area contributed by atoms with Crippen molar-refractivity contribution in [2.24, 2.45) is 5.11 Å². The molecule has 0 amide bonds. The molecule has 0 aromatic heterocycles. The monoisotopic (exact) mass is 201 g/mol. The summed E-state index contributed by atoms with van der Waals surface area (Å²) in [6.07, 6.45) is 5.90. The highest BCUT2D eigenvalue weighted by Gasteiger charge is 2.11. The summed E-state index contributed by atoms with van der Waals surface area (Å²) in [5.41, 5.74) is 12.6. The quantitative estimate of drug-likeness (QED) is 0.409. The first kappa shape index (κ1) is 10.1. The Morgan fingerprint density at radius 1 is 1.27 bits per heavy atom. The summed E-state index contributed by atoms with van der Waals surface area (Å²) in [7, 11) is 0. The van der Waals surface area contributed by atoms with Gasteiger partial charge in [0.2, 0.25) is 0 Å². The average molecular weight is 201 g/mol. The minimum Gasteiger partial charge on any atom is -0.0936 e. The van der Waals surface area contributed by atoms with Crippen LogP contribution >= 0.6 is 0 Å². The molecule has 0 saturated heterocycles. The first-order valence-electron chi connectivity index (χ1n) is 5.52. The lowest BCUT2D eigenvalue weighted by molar-refractivity contribution is 0.677. The fraction of sp³-hybridized carbons (Fsp3) is 0.500. The zero-order chi connectivity index (χ0) is 10.5. The minimum absolute atomic E-state index is 0.576. The number of fused-ring (bicyclic) bond motifs is 1. The molecule has 1 aromatic rings. The van der Waals surface area contributed by atoms with Crippen LogP contribution in [-0.2, 0) is 19.3 Å². The van der Waals surface area contributed by atoms with Crippen molar-refractivity contribution < 1.29 is 0 Å². The lowest BCUT2D eigenvalue weighted by Gasteiger charge is -2.18. The molecule has 0 spiro atoms. The highest BCUT2D eigenvalue weighted by atomic mass is 15.1. The van der Waals surface area contributed by atoms with Gasteiger partial charge in [-0.25, -0.2) is 0 Å². The standard InChI is InChI=1S/C12H15N3/c13-15-14-9-8-11-6-3-5-10-4-1-2-7-12(10)11/h3,5-6H,1-2,4,7-9H2. The van der Waals surface area contributed by atoms with Gasteiger partial charge in [0.15, 0.2) is 0 Å². The number of rotatable bonds is 3. The third kappa shape index (κ3) is 2.31. The Bertz CT molecular complexity index is 392. The summed E-state index contributed by atoms with van der Waals surface area (Å²) >= 11 is 0. The van der Waals surface area contributed by atoms with Gasteiger partial charge in [0.25, 0.3) is 0 Å². The topological polar surface area (TPSA) is 48.8 Å². The summed E-state index contributed by atoms with van der Waals surface area (Å²) < 4.78 is 0. The molecule has 0 saturated carbocycles. The second kappa shape index (κ2) is 4.85. The molecule has 15 heavy (non-hydrogen) atoms. The molecule has 78 valence electrons. The predicted octanol–water partition coefficient (Wildman–Crippen LogP) is 3.42. The first-order chi connectivity index (χ1) is 7.42. The maximum absolute atomic E-state index is 8.24. The van der Waals surface area contributed by atoms with Crippen LogP contribution in [0.1, 0.15) is 29.5 Å². The van der Waals surface area contributed by atoms with E-state index in [9.17, 15) is 0 Å². The van der Waals surface area contributed by atoms with Crippen LogP contribution in [-0.4, -0.2) is 6.54 Å². The molecule has 3 nitrogen and oxygen atoms in total. The molecule has 0 heterocycles. The van der Waals surface area contributed by atoms with Crippen LogP contribution in [0.2, 0.25) is 0 Å². The normalized spacial score (nSPS) is 14.1. The maximum Gasteiger partial charge on any atom is 0.0298 e. The highest BCUT2D eigenvalue weighted by Crippen LogP contribution is 2.24. The molecule has 0 aliphatic heterocycles. The van der Waals surface area contributed by atoms with Crippen LogP contribution in [0.4, 0.5) is 0 Å². The van der Waals surface area contributed by atoms with Crippen molar-refractivity contribution >= 4 is 0 Å². The molecule has 1 aliphatic rings. The van der Waals surface area contributed by atoms with Crippen molar-refractivity contribution in [2.75, 3.05) is 6.54 Å². The van der Waals surface area contributed by atoms with E-state index in [-0.39, 0.29) is 0 Å². The Labute approximate surface area is 89.7 Å². The van der Waals surface area contributed by atoms with Gasteiger partial charge in [0.05, 0.1) is 0 Å². The molecule has 3 heteroatoms. The van der Waals surface area contributed by atoms with Gasteiger partial charge < -0.3 is 0 Å². The van der Waals surface area contributed by atoms with E-state index in [4.69, 9.17) is 5.53 Å². The smallest absolute Gasteiger partial charge is 0.0298 e. The summed E-state index contributed by atoms with van der Waals surface area (Å²) in [6.45, 7) is 0.576. The van der Waals surface area contributed by atoms with Gasteiger partial charge in [0, 0.05) is 11.5 Å². The van der Waals surface area contributed by atoms with Gasteiger partial charge in [-0.3, -0.25) is 0 Å². The lowest BCUT2D eigenvalue weighted by atomic mass is 9.87. The average Bonchev–Trinajstić information content (AvgIpc) is 2.30. The SMILES string of the molecule is [N-]=[N+]=NCCc1cccc2c1CCCC2. The zero-order valence-corrected chi connectivity index (χ0v) is 8.82. The molecule has 1 aliphatic carbocycles. The summed E-state index contributed by atoms with van der Waals surface area (Å²) in [6, 6.07) is 6.51. The van der Waals surface area contributed by atoms with Crippen LogP contribution < -0.4 is 0 Å². The third-order valence-electron chi connectivity index (χ3n) is 3.04. The van der Waals surface area contributed by atoms with Gasteiger partial charge >= 0.3 is 0 Å². The van der Waals surface area contributed by atoms with Gasteiger partial charge in [-0.05, 0) is 54.3 Å². The molecule has 0 atom stereocenters. The number of hydrogen-bond acceptors (Lipinski definition) is 1. The molecule has 1 aromatic carbocycles. The Hall–Kier alpha value is -1.47. The van der Waals surface area contributed by atoms with Crippen LogP contribution in [0.3, 0.4) is 0 Å². The molecule has 0 bridgehead atoms. The van der Waals surface area contributed by atoms with Crippen molar-refractivity contribution in [3.63, 3.8) is 0 Å². The van der Waals surface area contributed by atoms with Gasteiger partial charge in [-0.15, -0.1) is 0 Å². The number of hydrogen-bond donors (Lipinski definition) is 0. The summed E-state index contributed by atoms with van der Waals surface area (Å²) in [4.78, 5) is 2.79. The van der Waals surface area contributed by atoms with E-state index in [1.54, 1.807) is 0 Å². The third-order valence-corrected chi connectivity index (χ3v) is 3.04. The highest BCUT2D eigenvalue weighted by molar-refractivity contribution is 5.37. The van der Waals surface area contributed by atoms with Crippen molar-refractivity contribution in [3.05, 3.63) is 45.3 Å². The zero-order valence-electron chi connectivity index (χ0n) is 8.82. The number of benzene rings is 1. The van der Waals surface area contributed by atoms with Gasteiger partial charge in [-0.2, -0.15) is 0 Å². The van der Waals surface area contributed by atoms with E-state index < -0.39 is 0 Å². The second-order valence-corrected chi connectivity index (χ2v) is 3.97. The predicted molar refractivity (Wildman–Crippen MR) is 60.8 cm³/mol. The van der Waals surface area contributed by atoms with Crippen molar-refractivity contribution in [3.8, 4) is 0 Å². The summed E-state index contributed by atoms with van der Waals surface area (Å²) in [5.74, 6) is 0. The fourth-order valence-electron chi connectivity index (χ4n) is 2.31. The van der Waals surface area contributed by atoms with E-state index in [1.807, 2.05) is 0 Å². The molecule has 2 rings (SSSR count). The molecular weight excluding hydrogens is 186 g/mol. The molecule has 0 radical (unpaired) electrons. The van der Waals surface area contributed by atoms with Crippen molar-refractivity contribution in [1.82, 2.24) is 0 Å². The minimum atomic E-state index is 0.576. The summed E-state index contributed by atoms with van der Waals surface area (Å²) in [5, 5.41) is 3.60. The van der Waals surface area contributed by atoms with Crippen LogP contribution in [0.5, 0.6) is 0 Å².